The lowest BCUT2D eigenvalue weighted by Gasteiger charge is -2.12. The number of hydrogen-bond donors (Lipinski definition) is 1. The van der Waals surface area contributed by atoms with Crippen molar-refractivity contribution in [3.63, 3.8) is 0 Å². The number of carbonyl (C=O) groups is 1. The Hall–Kier alpha value is -2.16. The first kappa shape index (κ1) is 16.2. The van der Waals surface area contributed by atoms with E-state index in [0.29, 0.717) is 6.54 Å². The molecule has 116 valence electrons. The van der Waals surface area contributed by atoms with Crippen molar-refractivity contribution >= 4 is 11.6 Å². The van der Waals surface area contributed by atoms with E-state index in [2.05, 4.69) is 49.6 Å². The van der Waals surface area contributed by atoms with Crippen LogP contribution in [0.15, 0.2) is 30.5 Å². The summed E-state index contributed by atoms with van der Waals surface area (Å²) in [6.07, 6.45) is 3.03. The summed E-state index contributed by atoms with van der Waals surface area (Å²) >= 11 is 0. The number of nitrogens with one attached hydrogen (secondary N) is 1. The summed E-state index contributed by atoms with van der Waals surface area (Å²) in [4.78, 5) is 12.4. The molecule has 0 bridgehead atoms. The van der Waals surface area contributed by atoms with Crippen LogP contribution in [0.2, 0.25) is 0 Å². The van der Waals surface area contributed by atoms with Crippen LogP contribution in [0.5, 0.6) is 0 Å². The summed E-state index contributed by atoms with van der Waals surface area (Å²) in [5.41, 5.74) is 6.69. The Balaban J connectivity index is 2.17. The number of benzene rings is 1. The first-order chi connectivity index (χ1) is 10.4. The molecular weight excluding hydrogens is 272 g/mol. The molecule has 0 unspecified atom stereocenters. The highest BCUT2D eigenvalue weighted by Gasteiger charge is 2.15. The average Bonchev–Trinajstić information content (AvgIpc) is 2.45. The predicted molar refractivity (Wildman–Crippen MR) is 90.0 cm³/mol. The van der Waals surface area contributed by atoms with Gasteiger partial charge in [0.25, 0.3) is 5.91 Å². The molecule has 3 heteroatoms. The van der Waals surface area contributed by atoms with Gasteiger partial charge in [-0.1, -0.05) is 24.6 Å². The SMILES string of the molecule is CCc1ccc(C)[n+](CC(=O)Nc2c(C)cc(C)cc2C)c1. The van der Waals surface area contributed by atoms with E-state index in [1.54, 1.807) is 0 Å². The molecule has 2 aromatic rings. The van der Waals surface area contributed by atoms with Gasteiger partial charge in [0.05, 0.1) is 0 Å². The minimum absolute atomic E-state index is 0.0106. The van der Waals surface area contributed by atoms with Crippen molar-refractivity contribution in [3.8, 4) is 0 Å². The largest absolute Gasteiger partial charge is 0.320 e. The number of aromatic nitrogens is 1. The van der Waals surface area contributed by atoms with Crippen molar-refractivity contribution in [2.24, 2.45) is 0 Å². The highest BCUT2D eigenvalue weighted by molar-refractivity contribution is 5.91. The average molecular weight is 297 g/mol. The maximum atomic E-state index is 12.4. The third-order valence-corrected chi connectivity index (χ3v) is 3.98. The minimum Gasteiger partial charge on any atom is -0.320 e. The summed E-state index contributed by atoms with van der Waals surface area (Å²) in [5, 5.41) is 3.06. The second-order valence-corrected chi connectivity index (χ2v) is 5.98. The Morgan fingerprint density at radius 3 is 2.32 bits per heavy atom. The summed E-state index contributed by atoms with van der Waals surface area (Å²) in [6, 6.07) is 8.37. The summed E-state index contributed by atoms with van der Waals surface area (Å²) in [7, 11) is 0. The summed E-state index contributed by atoms with van der Waals surface area (Å²) in [5.74, 6) is 0.0106. The molecule has 0 atom stereocenters. The first-order valence-corrected chi connectivity index (χ1v) is 7.77. The highest BCUT2D eigenvalue weighted by atomic mass is 16.1. The lowest BCUT2D eigenvalue weighted by Crippen LogP contribution is -2.43. The molecule has 0 aliphatic rings. The Bertz CT molecular complexity index is 682. The molecule has 1 aromatic heterocycles. The number of pyridine rings is 1. The van der Waals surface area contributed by atoms with Crippen LogP contribution in [0, 0.1) is 27.7 Å². The van der Waals surface area contributed by atoms with Crippen LogP contribution in [0.25, 0.3) is 0 Å². The Morgan fingerprint density at radius 1 is 1.09 bits per heavy atom. The molecule has 1 N–H and O–H groups in total. The number of hydrogen-bond acceptors (Lipinski definition) is 1. The van der Waals surface area contributed by atoms with Crippen molar-refractivity contribution in [1.82, 2.24) is 0 Å². The molecule has 1 heterocycles. The quantitative estimate of drug-likeness (QED) is 0.862. The van der Waals surface area contributed by atoms with Gasteiger partial charge in [-0.3, -0.25) is 4.79 Å². The molecule has 0 saturated heterocycles. The monoisotopic (exact) mass is 297 g/mol. The topological polar surface area (TPSA) is 33.0 Å². The molecule has 0 aliphatic carbocycles. The van der Waals surface area contributed by atoms with Gasteiger partial charge in [-0.05, 0) is 44.4 Å². The van der Waals surface area contributed by atoms with E-state index in [4.69, 9.17) is 0 Å². The summed E-state index contributed by atoms with van der Waals surface area (Å²) < 4.78 is 2.01. The molecule has 0 saturated carbocycles. The van der Waals surface area contributed by atoms with E-state index < -0.39 is 0 Å². The van der Waals surface area contributed by atoms with Crippen molar-refractivity contribution in [2.45, 2.75) is 47.6 Å². The number of anilines is 1. The van der Waals surface area contributed by atoms with E-state index in [9.17, 15) is 4.79 Å². The van der Waals surface area contributed by atoms with Gasteiger partial charge in [-0.25, -0.2) is 0 Å². The van der Waals surface area contributed by atoms with Crippen molar-refractivity contribution in [2.75, 3.05) is 5.32 Å². The third kappa shape index (κ3) is 3.73. The van der Waals surface area contributed by atoms with Crippen molar-refractivity contribution in [3.05, 3.63) is 58.4 Å². The molecule has 0 radical (unpaired) electrons. The smallest absolute Gasteiger partial charge is 0.290 e. The van der Waals surface area contributed by atoms with Gasteiger partial charge in [0.2, 0.25) is 6.54 Å². The van der Waals surface area contributed by atoms with Crippen LogP contribution in [0.3, 0.4) is 0 Å². The maximum Gasteiger partial charge on any atom is 0.290 e. The molecule has 0 aliphatic heterocycles. The zero-order chi connectivity index (χ0) is 16.3. The van der Waals surface area contributed by atoms with E-state index in [1.165, 1.54) is 11.1 Å². The van der Waals surface area contributed by atoms with Crippen molar-refractivity contribution in [1.29, 1.82) is 0 Å². The lowest BCUT2D eigenvalue weighted by atomic mass is 10.1. The second-order valence-electron chi connectivity index (χ2n) is 5.98. The normalized spacial score (nSPS) is 10.6. The van der Waals surface area contributed by atoms with Gasteiger partial charge in [0.1, 0.15) is 0 Å². The molecule has 2 rings (SSSR count). The highest BCUT2D eigenvalue weighted by Crippen LogP contribution is 2.21. The van der Waals surface area contributed by atoms with Crippen LogP contribution in [-0.2, 0) is 17.8 Å². The number of rotatable bonds is 4. The lowest BCUT2D eigenvalue weighted by molar-refractivity contribution is -0.690. The van der Waals surface area contributed by atoms with Gasteiger partial charge in [-0.15, -0.1) is 0 Å². The molecule has 22 heavy (non-hydrogen) atoms. The molecule has 3 nitrogen and oxygen atoms in total. The number of amides is 1. The summed E-state index contributed by atoms with van der Waals surface area (Å²) in [6.45, 7) is 10.6. The van der Waals surface area contributed by atoms with Gasteiger partial charge < -0.3 is 5.32 Å². The number of carbonyl (C=O) groups excluding carboxylic acids is 1. The molecule has 0 spiro atoms. The fourth-order valence-corrected chi connectivity index (χ4v) is 2.76. The van der Waals surface area contributed by atoms with Gasteiger partial charge in [0.15, 0.2) is 11.9 Å². The fourth-order valence-electron chi connectivity index (χ4n) is 2.76. The van der Waals surface area contributed by atoms with Gasteiger partial charge >= 0.3 is 0 Å². The number of aryl methyl sites for hydroxylation is 5. The molecule has 1 amide bonds. The van der Waals surface area contributed by atoms with Crippen LogP contribution >= 0.6 is 0 Å². The third-order valence-electron chi connectivity index (χ3n) is 3.98. The zero-order valence-electron chi connectivity index (χ0n) is 14.2. The molecular formula is C19H25N2O+. The predicted octanol–water partition coefficient (Wildman–Crippen LogP) is 3.41. The van der Waals surface area contributed by atoms with Crippen LogP contribution < -0.4 is 9.88 Å². The van der Waals surface area contributed by atoms with Crippen LogP contribution in [0.1, 0.15) is 34.9 Å². The van der Waals surface area contributed by atoms with Gasteiger partial charge in [-0.2, -0.15) is 4.57 Å². The Morgan fingerprint density at radius 2 is 1.73 bits per heavy atom. The fraction of sp³-hybridized carbons (Fsp3) is 0.368. The second kappa shape index (κ2) is 6.73. The van der Waals surface area contributed by atoms with E-state index in [1.807, 2.05) is 25.3 Å². The maximum absolute atomic E-state index is 12.4. The van der Waals surface area contributed by atoms with Crippen LogP contribution in [-0.4, -0.2) is 5.91 Å². The van der Waals surface area contributed by atoms with E-state index in [0.717, 1.165) is 28.9 Å². The van der Waals surface area contributed by atoms with E-state index in [-0.39, 0.29) is 5.91 Å². The Kier molecular flexibility index (Phi) is 4.96. The van der Waals surface area contributed by atoms with E-state index >= 15 is 0 Å². The number of nitrogens with zero attached hydrogens (tertiary/aromatic N) is 1. The van der Waals surface area contributed by atoms with Gasteiger partial charge in [0, 0.05) is 24.2 Å². The molecule has 1 aromatic carbocycles. The van der Waals surface area contributed by atoms with Crippen molar-refractivity contribution < 1.29 is 9.36 Å². The molecule has 0 fully saturated rings. The minimum atomic E-state index is 0.0106. The zero-order valence-corrected chi connectivity index (χ0v) is 14.2. The first-order valence-electron chi connectivity index (χ1n) is 7.77. The Labute approximate surface area is 133 Å². The van der Waals surface area contributed by atoms with Crippen LogP contribution in [0.4, 0.5) is 5.69 Å². The standard InChI is InChI=1S/C19H24N2O/c1-6-17-8-7-16(5)21(11-17)12-18(22)20-19-14(3)9-13(2)10-15(19)4/h7-11H,6,12H2,1-5H3/p+1.